The van der Waals surface area contributed by atoms with Gasteiger partial charge in [0.05, 0.1) is 14.2 Å². The van der Waals surface area contributed by atoms with Gasteiger partial charge in [-0.3, -0.25) is 4.79 Å². The van der Waals surface area contributed by atoms with E-state index in [1.165, 1.54) is 0 Å². The first kappa shape index (κ1) is 19.5. The van der Waals surface area contributed by atoms with Crippen molar-refractivity contribution in [2.24, 2.45) is 0 Å². The van der Waals surface area contributed by atoms with Crippen LogP contribution in [0.5, 0.6) is 11.5 Å². The molecule has 0 bridgehead atoms. The number of hydrogen-bond acceptors (Lipinski definition) is 7. The zero-order valence-electron chi connectivity index (χ0n) is 15.8. The second kappa shape index (κ2) is 9.00. The van der Waals surface area contributed by atoms with Crippen molar-refractivity contribution in [2.75, 3.05) is 46.7 Å². The lowest BCUT2D eigenvalue weighted by Gasteiger charge is -2.13. The predicted molar refractivity (Wildman–Crippen MR) is 100 cm³/mol. The van der Waals surface area contributed by atoms with Crippen LogP contribution in [0.15, 0.2) is 24.3 Å². The van der Waals surface area contributed by atoms with E-state index in [0.717, 1.165) is 12.2 Å². The van der Waals surface area contributed by atoms with Crippen LogP contribution in [0.3, 0.4) is 0 Å². The Morgan fingerprint density at radius 1 is 1.12 bits per heavy atom. The molecule has 140 valence electrons. The van der Waals surface area contributed by atoms with Gasteiger partial charge in [0.15, 0.2) is 11.5 Å². The Hall–Kier alpha value is -2.87. The zero-order chi connectivity index (χ0) is 19.1. The highest BCUT2D eigenvalue weighted by Gasteiger charge is 2.11. The Morgan fingerprint density at radius 2 is 1.85 bits per heavy atom. The number of nitrogens with one attached hydrogen (secondary N) is 2. The number of carbonyl (C=O) groups is 1. The number of ether oxygens (including phenoxy) is 2. The number of carbonyl (C=O) groups excluding carboxylic acids is 1. The van der Waals surface area contributed by atoms with Crippen LogP contribution >= 0.6 is 0 Å². The van der Waals surface area contributed by atoms with Crippen LogP contribution in [-0.4, -0.2) is 62.2 Å². The minimum atomic E-state index is -0.229. The summed E-state index contributed by atoms with van der Waals surface area (Å²) in [7, 11) is 7.06. The maximum absolute atomic E-state index is 12.3. The molecule has 1 amide bonds. The number of aromatic nitrogens is 2. The van der Waals surface area contributed by atoms with Crippen LogP contribution in [0.25, 0.3) is 0 Å². The average molecular weight is 359 g/mol. The van der Waals surface area contributed by atoms with Crippen molar-refractivity contribution >= 4 is 17.4 Å². The Balaban J connectivity index is 2.15. The SMILES string of the molecule is COc1ccc(Nc2cc(C(=O)NCCN(C)C)nc(C)n2)cc1OC. The molecular weight excluding hydrogens is 334 g/mol. The van der Waals surface area contributed by atoms with Gasteiger partial charge in [-0.1, -0.05) is 0 Å². The molecule has 0 unspecified atom stereocenters. The number of amides is 1. The lowest BCUT2D eigenvalue weighted by molar-refractivity contribution is 0.0945. The van der Waals surface area contributed by atoms with Gasteiger partial charge in [-0.2, -0.15) is 0 Å². The highest BCUT2D eigenvalue weighted by molar-refractivity contribution is 5.93. The number of methoxy groups -OCH3 is 2. The minimum Gasteiger partial charge on any atom is -0.493 e. The Labute approximate surface area is 153 Å². The molecule has 0 aliphatic heterocycles. The molecular formula is C18H25N5O3. The Morgan fingerprint density at radius 3 is 2.50 bits per heavy atom. The van der Waals surface area contributed by atoms with E-state index in [1.807, 2.05) is 25.1 Å². The van der Waals surface area contributed by atoms with Crippen molar-refractivity contribution in [1.29, 1.82) is 0 Å². The number of nitrogens with zero attached hydrogens (tertiary/aromatic N) is 3. The second-order valence-electron chi connectivity index (χ2n) is 5.94. The lowest BCUT2D eigenvalue weighted by atomic mass is 10.2. The van der Waals surface area contributed by atoms with Gasteiger partial charge in [0.1, 0.15) is 17.3 Å². The maximum Gasteiger partial charge on any atom is 0.270 e. The summed E-state index contributed by atoms with van der Waals surface area (Å²) in [5.74, 6) is 2.05. The van der Waals surface area contributed by atoms with E-state index < -0.39 is 0 Å². The van der Waals surface area contributed by atoms with E-state index in [9.17, 15) is 4.79 Å². The smallest absolute Gasteiger partial charge is 0.270 e. The van der Waals surface area contributed by atoms with Crippen LogP contribution in [0.1, 0.15) is 16.3 Å². The van der Waals surface area contributed by atoms with Crippen LogP contribution in [-0.2, 0) is 0 Å². The molecule has 1 aromatic heterocycles. The van der Waals surface area contributed by atoms with E-state index >= 15 is 0 Å². The van der Waals surface area contributed by atoms with Gasteiger partial charge in [-0.15, -0.1) is 0 Å². The molecule has 2 rings (SSSR count). The van der Waals surface area contributed by atoms with Crippen LogP contribution < -0.4 is 20.1 Å². The third-order valence-corrected chi connectivity index (χ3v) is 3.57. The maximum atomic E-state index is 12.3. The van der Waals surface area contributed by atoms with Crippen LogP contribution in [0.2, 0.25) is 0 Å². The molecule has 0 aliphatic carbocycles. The lowest BCUT2D eigenvalue weighted by Crippen LogP contribution is -2.32. The van der Waals surface area contributed by atoms with Crippen molar-refractivity contribution in [3.05, 3.63) is 35.8 Å². The van der Waals surface area contributed by atoms with Crippen molar-refractivity contribution in [3.63, 3.8) is 0 Å². The van der Waals surface area contributed by atoms with Crippen LogP contribution in [0.4, 0.5) is 11.5 Å². The molecule has 0 radical (unpaired) electrons. The second-order valence-corrected chi connectivity index (χ2v) is 5.94. The molecule has 0 aliphatic rings. The highest BCUT2D eigenvalue weighted by atomic mass is 16.5. The van der Waals surface area contributed by atoms with Crippen molar-refractivity contribution in [1.82, 2.24) is 20.2 Å². The summed E-state index contributed by atoms with van der Waals surface area (Å²) in [5.41, 5.74) is 1.08. The number of anilines is 2. The van der Waals surface area contributed by atoms with Gasteiger partial charge in [0.25, 0.3) is 5.91 Å². The van der Waals surface area contributed by atoms with E-state index in [4.69, 9.17) is 9.47 Å². The molecule has 0 atom stereocenters. The third-order valence-electron chi connectivity index (χ3n) is 3.57. The number of likely N-dealkylation sites (N-methyl/N-ethyl adjacent to an activating group) is 1. The fourth-order valence-electron chi connectivity index (χ4n) is 2.29. The largest absolute Gasteiger partial charge is 0.493 e. The first-order chi connectivity index (χ1) is 12.4. The van der Waals surface area contributed by atoms with Gasteiger partial charge >= 0.3 is 0 Å². The van der Waals surface area contributed by atoms with Gasteiger partial charge in [0.2, 0.25) is 0 Å². The summed E-state index contributed by atoms with van der Waals surface area (Å²) in [4.78, 5) is 22.8. The molecule has 0 spiro atoms. The van der Waals surface area contributed by atoms with Crippen LogP contribution in [0, 0.1) is 6.92 Å². The van der Waals surface area contributed by atoms with E-state index in [-0.39, 0.29) is 5.91 Å². The molecule has 2 aromatic rings. The molecule has 26 heavy (non-hydrogen) atoms. The number of rotatable bonds is 8. The fourth-order valence-corrected chi connectivity index (χ4v) is 2.29. The summed E-state index contributed by atoms with van der Waals surface area (Å²) in [6.07, 6.45) is 0. The first-order valence-corrected chi connectivity index (χ1v) is 8.20. The molecule has 0 fully saturated rings. The zero-order valence-corrected chi connectivity index (χ0v) is 15.8. The van der Waals surface area contributed by atoms with Crippen molar-refractivity contribution in [3.8, 4) is 11.5 Å². The third kappa shape index (κ3) is 5.32. The monoisotopic (exact) mass is 359 g/mol. The van der Waals surface area contributed by atoms with Gasteiger partial charge in [-0.05, 0) is 33.2 Å². The Bertz CT molecular complexity index is 764. The van der Waals surface area contributed by atoms with Gasteiger partial charge < -0.3 is 25.0 Å². The molecule has 8 nitrogen and oxygen atoms in total. The molecule has 1 aromatic carbocycles. The van der Waals surface area contributed by atoms with Crippen molar-refractivity contribution in [2.45, 2.75) is 6.92 Å². The van der Waals surface area contributed by atoms with Gasteiger partial charge in [-0.25, -0.2) is 9.97 Å². The molecule has 0 saturated carbocycles. The summed E-state index contributed by atoms with van der Waals surface area (Å²) in [6, 6.07) is 7.06. The summed E-state index contributed by atoms with van der Waals surface area (Å²) in [5, 5.41) is 6.01. The highest BCUT2D eigenvalue weighted by Crippen LogP contribution is 2.30. The number of hydrogen-bond donors (Lipinski definition) is 2. The molecule has 1 heterocycles. The summed E-state index contributed by atoms with van der Waals surface area (Å²) < 4.78 is 10.5. The molecule has 8 heteroatoms. The Kier molecular flexibility index (Phi) is 6.74. The summed E-state index contributed by atoms with van der Waals surface area (Å²) >= 11 is 0. The topological polar surface area (TPSA) is 88.6 Å². The average Bonchev–Trinajstić information content (AvgIpc) is 2.60. The quantitative estimate of drug-likeness (QED) is 0.743. The number of benzene rings is 1. The number of aryl methyl sites for hydroxylation is 1. The summed E-state index contributed by atoms with van der Waals surface area (Å²) in [6.45, 7) is 3.05. The minimum absolute atomic E-state index is 0.229. The standard InChI is InChI=1S/C18H25N5O3/c1-12-20-14(18(24)19-8-9-23(2)3)11-17(21-12)22-13-6-7-15(25-4)16(10-13)26-5/h6-7,10-11H,8-9H2,1-5H3,(H,19,24)(H,20,21,22). The van der Waals surface area contributed by atoms with E-state index in [2.05, 4.69) is 20.6 Å². The fraction of sp³-hybridized carbons (Fsp3) is 0.389. The molecule has 2 N–H and O–H groups in total. The van der Waals surface area contributed by atoms with Gasteiger partial charge in [0, 0.05) is 30.9 Å². The first-order valence-electron chi connectivity index (χ1n) is 8.20. The predicted octanol–water partition coefficient (Wildman–Crippen LogP) is 1.84. The van der Waals surface area contributed by atoms with Crippen molar-refractivity contribution < 1.29 is 14.3 Å². The normalized spacial score (nSPS) is 10.5. The van der Waals surface area contributed by atoms with E-state index in [0.29, 0.717) is 35.4 Å². The van der Waals surface area contributed by atoms with E-state index in [1.54, 1.807) is 39.3 Å². The molecule has 0 saturated heterocycles.